The molecule has 0 saturated heterocycles. The lowest BCUT2D eigenvalue weighted by Gasteiger charge is -2.17. The summed E-state index contributed by atoms with van der Waals surface area (Å²) < 4.78 is 17.4. The van der Waals surface area contributed by atoms with Crippen LogP contribution in [0.1, 0.15) is 30.0 Å². The third-order valence-corrected chi connectivity index (χ3v) is 6.87. The number of imidazole rings is 1. The van der Waals surface area contributed by atoms with E-state index in [1.54, 1.807) is 41.1 Å². The number of H-pyrrole nitrogens is 1. The fourth-order valence-corrected chi connectivity index (χ4v) is 5.14. The van der Waals surface area contributed by atoms with Crippen LogP contribution in [0.2, 0.25) is 5.02 Å². The Hall–Kier alpha value is -4.62. The highest BCUT2D eigenvalue weighted by Gasteiger charge is 2.34. The van der Waals surface area contributed by atoms with Gasteiger partial charge < -0.3 is 9.55 Å². The molecule has 6 rings (SSSR count). The molecular formula is C26H18ClFN8O. The van der Waals surface area contributed by atoms with Gasteiger partial charge in [-0.3, -0.25) is 4.79 Å². The molecule has 0 bridgehead atoms. The number of aromatic nitrogens is 7. The first-order valence-electron chi connectivity index (χ1n) is 11.5. The fraction of sp³-hybridized carbons (Fsp3) is 0.154. The summed E-state index contributed by atoms with van der Waals surface area (Å²) >= 11 is 6.30. The first-order chi connectivity index (χ1) is 17.9. The monoisotopic (exact) mass is 512 g/mol. The van der Waals surface area contributed by atoms with E-state index in [1.165, 1.54) is 23.1 Å². The summed E-state index contributed by atoms with van der Waals surface area (Å²) in [4.78, 5) is 21.3. The molecule has 0 fully saturated rings. The molecule has 2 atom stereocenters. The lowest BCUT2D eigenvalue weighted by atomic mass is 10.0. The van der Waals surface area contributed by atoms with Crippen LogP contribution < -0.4 is 5.56 Å². The van der Waals surface area contributed by atoms with Crippen molar-refractivity contribution < 1.29 is 4.39 Å². The number of hydrogen-bond donors (Lipinski definition) is 1. The van der Waals surface area contributed by atoms with Crippen molar-refractivity contribution in [3.63, 3.8) is 0 Å². The van der Waals surface area contributed by atoms with Gasteiger partial charge in [-0.2, -0.15) is 9.94 Å². The van der Waals surface area contributed by atoms with Crippen molar-refractivity contribution in [1.29, 1.82) is 5.26 Å². The molecule has 0 saturated carbocycles. The molecule has 0 amide bonds. The van der Waals surface area contributed by atoms with Crippen LogP contribution in [-0.4, -0.2) is 34.7 Å². The Kier molecular flexibility index (Phi) is 5.43. The number of hydrogen-bond acceptors (Lipinski definition) is 6. The second-order valence-corrected chi connectivity index (χ2v) is 9.41. The van der Waals surface area contributed by atoms with Crippen LogP contribution in [0.5, 0.6) is 0 Å². The van der Waals surface area contributed by atoms with E-state index in [2.05, 4.69) is 32.4 Å². The Balaban J connectivity index is 1.40. The van der Waals surface area contributed by atoms with Crippen molar-refractivity contribution in [2.24, 2.45) is 5.92 Å². The molecular weight excluding hydrogens is 495 g/mol. The topological polar surface area (TPSA) is 118 Å². The number of nitrogens with zero attached hydrogens (tertiary/aromatic N) is 7. The van der Waals surface area contributed by atoms with Crippen molar-refractivity contribution in [3.05, 3.63) is 99.3 Å². The minimum absolute atomic E-state index is 0.0212. The summed E-state index contributed by atoms with van der Waals surface area (Å²) in [5.74, 6) is 0.0949. The Bertz CT molecular complexity index is 1750. The molecule has 1 aliphatic rings. The Morgan fingerprint density at radius 1 is 1.16 bits per heavy atom. The zero-order valence-corrected chi connectivity index (χ0v) is 20.2. The standard InChI is InChI=1S/C26H18ClFN8O/c1-14-6-19-7-17(20-10-18(27)4-5-23(20)35-13-31-33-34-35)9-24(37)36(19)25(14)26-30-12-22(32-26)15-2-3-16(11-29)21(28)8-15/h2-5,7-10,12-14,25H,6H2,1H3,(H,30,32)/t14-,25-/m0/s1. The van der Waals surface area contributed by atoms with Gasteiger partial charge in [-0.25, -0.2) is 9.37 Å². The predicted molar refractivity (Wildman–Crippen MR) is 134 cm³/mol. The van der Waals surface area contributed by atoms with Gasteiger partial charge in [0.1, 0.15) is 24.0 Å². The molecule has 182 valence electrons. The Labute approximate surface area is 214 Å². The lowest BCUT2D eigenvalue weighted by molar-refractivity contribution is 0.450. The molecule has 1 aliphatic heterocycles. The zero-order valence-electron chi connectivity index (χ0n) is 19.4. The molecule has 0 radical (unpaired) electrons. The molecule has 9 nitrogen and oxygen atoms in total. The van der Waals surface area contributed by atoms with Crippen LogP contribution in [0.4, 0.5) is 4.39 Å². The fourth-order valence-electron chi connectivity index (χ4n) is 4.97. The van der Waals surface area contributed by atoms with Crippen molar-refractivity contribution >= 4 is 11.6 Å². The number of halogens is 2. The van der Waals surface area contributed by atoms with E-state index in [4.69, 9.17) is 16.9 Å². The van der Waals surface area contributed by atoms with Crippen molar-refractivity contribution in [1.82, 2.24) is 34.7 Å². The highest BCUT2D eigenvalue weighted by atomic mass is 35.5. The number of tetrazole rings is 1. The van der Waals surface area contributed by atoms with E-state index in [0.29, 0.717) is 39.8 Å². The number of rotatable bonds is 4. The first-order valence-corrected chi connectivity index (χ1v) is 11.8. The quantitative estimate of drug-likeness (QED) is 0.383. The molecule has 4 heterocycles. The second-order valence-electron chi connectivity index (χ2n) is 8.97. The van der Waals surface area contributed by atoms with Gasteiger partial charge in [-0.05, 0) is 64.7 Å². The normalized spacial score (nSPS) is 16.5. The van der Waals surface area contributed by atoms with Crippen molar-refractivity contribution in [2.75, 3.05) is 0 Å². The molecule has 2 aromatic carbocycles. The molecule has 5 aromatic rings. The summed E-state index contributed by atoms with van der Waals surface area (Å²) in [7, 11) is 0. The van der Waals surface area contributed by atoms with Gasteiger partial charge in [0, 0.05) is 27.9 Å². The number of pyridine rings is 1. The van der Waals surface area contributed by atoms with Gasteiger partial charge in [-0.15, -0.1) is 5.10 Å². The van der Waals surface area contributed by atoms with Crippen LogP contribution in [-0.2, 0) is 6.42 Å². The van der Waals surface area contributed by atoms with Crippen molar-refractivity contribution in [2.45, 2.75) is 19.4 Å². The highest BCUT2D eigenvalue weighted by molar-refractivity contribution is 6.31. The van der Waals surface area contributed by atoms with Crippen LogP contribution in [0.25, 0.3) is 28.1 Å². The van der Waals surface area contributed by atoms with Gasteiger partial charge in [0.05, 0.1) is 29.2 Å². The van der Waals surface area contributed by atoms with Crippen LogP contribution in [0, 0.1) is 23.1 Å². The average molecular weight is 513 g/mol. The molecule has 0 unspecified atom stereocenters. The summed E-state index contributed by atoms with van der Waals surface area (Å²) in [6, 6.07) is 14.8. The van der Waals surface area contributed by atoms with Gasteiger partial charge in [0.25, 0.3) is 5.56 Å². The average Bonchev–Trinajstić information content (AvgIpc) is 3.64. The van der Waals surface area contributed by atoms with Gasteiger partial charge in [0.15, 0.2) is 0 Å². The number of benzene rings is 2. The first kappa shape index (κ1) is 22.8. The molecule has 37 heavy (non-hydrogen) atoms. The second kappa shape index (κ2) is 8.80. The number of nitrogens with one attached hydrogen (secondary N) is 1. The van der Waals surface area contributed by atoms with E-state index in [1.807, 2.05) is 12.1 Å². The largest absolute Gasteiger partial charge is 0.340 e. The molecule has 0 spiro atoms. The van der Waals surface area contributed by atoms with E-state index in [0.717, 1.165) is 11.3 Å². The Morgan fingerprint density at radius 2 is 2.03 bits per heavy atom. The smallest absolute Gasteiger partial charge is 0.252 e. The Morgan fingerprint density at radius 3 is 2.78 bits per heavy atom. The summed E-state index contributed by atoms with van der Waals surface area (Å²) in [6.07, 6.45) is 3.76. The third kappa shape index (κ3) is 3.90. The predicted octanol–water partition coefficient (Wildman–Crippen LogP) is 4.33. The molecule has 11 heteroatoms. The molecule has 3 aromatic heterocycles. The SMILES string of the molecule is C[C@H]1Cc2cc(-c3cc(Cl)ccc3-n3cnnn3)cc(=O)n2[C@@H]1c1ncc(-c2ccc(C#N)c(F)c2)[nH]1. The third-order valence-electron chi connectivity index (χ3n) is 6.64. The van der Waals surface area contributed by atoms with Gasteiger partial charge in [0.2, 0.25) is 0 Å². The van der Waals surface area contributed by atoms with E-state index < -0.39 is 5.82 Å². The summed E-state index contributed by atoms with van der Waals surface area (Å²) in [6.45, 7) is 2.06. The maximum absolute atomic E-state index is 14.2. The number of nitriles is 1. The zero-order chi connectivity index (χ0) is 25.7. The maximum Gasteiger partial charge on any atom is 0.252 e. The molecule has 1 N–H and O–H groups in total. The highest BCUT2D eigenvalue weighted by Crippen LogP contribution is 2.37. The number of aromatic amines is 1. The van der Waals surface area contributed by atoms with E-state index in [-0.39, 0.29) is 23.1 Å². The minimum atomic E-state index is -0.596. The summed E-state index contributed by atoms with van der Waals surface area (Å²) in [5, 5.41) is 20.9. The van der Waals surface area contributed by atoms with Crippen molar-refractivity contribution in [3.8, 4) is 34.1 Å². The van der Waals surface area contributed by atoms with Crippen LogP contribution in [0.15, 0.2) is 65.8 Å². The molecule has 0 aliphatic carbocycles. The van der Waals surface area contributed by atoms with Gasteiger partial charge in [-0.1, -0.05) is 24.6 Å². The number of fused-ring (bicyclic) bond motifs is 1. The minimum Gasteiger partial charge on any atom is -0.340 e. The van der Waals surface area contributed by atoms with E-state index in [9.17, 15) is 9.18 Å². The van der Waals surface area contributed by atoms with E-state index >= 15 is 0 Å². The maximum atomic E-state index is 14.2. The lowest BCUT2D eigenvalue weighted by Crippen LogP contribution is -2.25. The summed E-state index contributed by atoms with van der Waals surface area (Å²) in [5.41, 5.74) is 3.99. The van der Waals surface area contributed by atoms with Gasteiger partial charge >= 0.3 is 0 Å². The van der Waals surface area contributed by atoms with Crippen LogP contribution >= 0.6 is 11.6 Å². The van der Waals surface area contributed by atoms with Crippen LogP contribution in [0.3, 0.4) is 0 Å².